The fraction of sp³-hybridized carbons (Fsp3) is 0.833. The lowest BCUT2D eigenvalue weighted by Crippen LogP contribution is -2.31. The Labute approximate surface area is 103 Å². The van der Waals surface area contributed by atoms with Crippen molar-refractivity contribution in [2.24, 2.45) is 0 Å². The number of nitrogens with zero attached hydrogens (tertiary/aromatic N) is 2. The van der Waals surface area contributed by atoms with Gasteiger partial charge in [-0.1, -0.05) is 19.0 Å². The summed E-state index contributed by atoms with van der Waals surface area (Å²) in [5, 5.41) is 7.32. The highest BCUT2D eigenvalue weighted by Crippen LogP contribution is 2.17. The smallest absolute Gasteiger partial charge is 0.231 e. The van der Waals surface area contributed by atoms with Crippen molar-refractivity contribution in [1.29, 1.82) is 0 Å². The van der Waals surface area contributed by atoms with Crippen LogP contribution in [0.3, 0.4) is 0 Å². The minimum absolute atomic E-state index is 0.212. The van der Waals surface area contributed by atoms with Gasteiger partial charge in [0.05, 0.1) is 5.92 Å². The van der Waals surface area contributed by atoms with E-state index in [4.69, 9.17) is 9.26 Å². The van der Waals surface area contributed by atoms with Crippen LogP contribution in [0.1, 0.15) is 51.7 Å². The molecule has 0 aliphatic carbocycles. The first-order chi connectivity index (χ1) is 8.19. The van der Waals surface area contributed by atoms with Crippen LogP contribution in [0.4, 0.5) is 0 Å². The molecule has 5 heteroatoms. The molecule has 0 saturated heterocycles. The van der Waals surface area contributed by atoms with E-state index in [1.807, 2.05) is 6.92 Å². The van der Waals surface area contributed by atoms with Crippen molar-refractivity contribution in [3.05, 3.63) is 11.7 Å². The van der Waals surface area contributed by atoms with Crippen molar-refractivity contribution in [1.82, 2.24) is 15.5 Å². The van der Waals surface area contributed by atoms with E-state index in [9.17, 15) is 0 Å². The summed E-state index contributed by atoms with van der Waals surface area (Å²) >= 11 is 0. The molecule has 2 atom stereocenters. The van der Waals surface area contributed by atoms with Gasteiger partial charge < -0.3 is 14.6 Å². The number of nitrogens with one attached hydrogen (secondary N) is 1. The number of aromatic nitrogens is 2. The zero-order chi connectivity index (χ0) is 12.7. The summed E-state index contributed by atoms with van der Waals surface area (Å²) in [5.74, 6) is 1.51. The predicted octanol–water partition coefficient (Wildman–Crippen LogP) is 2.10. The molecule has 1 heterocycles. The van der Waals surface area contributed by atoms with Gasteiger partial charge in [-0.3, -0.25) is 0 Å². The minimum Gasteiger partial charge on any atom is -0.374 e. The van der Waals surface area contributed by atoms with Crippen LogP contribution < -0.4 is 5.32 Å². The van der Waals surface area contributed by atoms with Crippen molar-refractivity contribution in [3.63, 3.8) is 0 Å². The van der Waals surface area contributed by atoms with Crippen molar-refractivity contribution in [3.8, 4) is 0 Å². The Morgan fingerprint density at radius 3 is 2.76 bits per heavy atom. The molecule has 17 heavy (non-hydrogen) atoms. The number of ether oxygens (including phenoxy) is 1. The first-order valence-corrected chi connectivity index (χ1v) is 6.32. The second-order valence-corrected chi connectivity index (χ2v) is 4.22. The van der Waals surface area contributed by atoms with E-state index in [1.54, 1.807) is 0 Å². The summed E-state index contributed by atoms with van der Waals surface area (Å²) in [6.07, 6.45) is 1.12. The maximum atomic E-state index is 5.24. The van der Waals surface area contributed by atoms with E-state index in [0.29, 0.717) is 31.0 Å². The minimum atomic E-state index is 0.212. The van der Waals surface area contributed by atoms with Gasteiger partial charge in [-0.05, 0) is 26.8 Å². The summed E-state index contributed by atoms with van der Waals surface area (Å²) in [6.45, 7) is 10.4. The highest BCUT2D eigenvalue weighted by molar-refractivity contribution is 4.95. The zero-order valence-electron chi connectivity index (χ0n) is 11.2. The van der Waals surface area contributed by atoms with Crippen LogP contribution in [0.25, 0.3) is 0 Å². The normalized spacial score (nSPS) is 14.8. The first-order valence-electron chi connectivity index (χ1n) is 6.32. The van der Waals surface area contributed by atoms with Crippen LogP contribution in [0.5, 0.6) is 0 Å². The molecule has 98 valence electrons. The lowest BCUT2D eigenvalue weighted by atomic mass is 10.0. The molecule has 0 spiro atoms. The largest absolute Gasteiger partial charge is 0.374 e. The molecule has 2 unspecified atom stereocenters. The van der Waals surface area contributed by atoms with E-state index in [2.05, 4.69) is 36.2 Å². The summed E-state index contributed by atoms with van der Waals surface area (Å²) in [6, 6.07) is 0.329. The SMILES string of the molecule is CCCNC(C)C(C)c1nc(COCC)no1. The van der Waals surface area contributed by atoms with Crippen LogP contribution in [0.2, 0.25) is 0 Å². The Morgan fingerprint density at radius 1 is 1.35 bits per heavy atom. The maximum absolute atomic E-state index is 5.24. The summed E-state index contributed by atoms with van der Waals surface area (Å²) in [4.78, 5) is 4.33. The lowest BCUT2D eigenvalue weighted by Gasteiger charge is -2.17. The van der Waals surface area contributed by atoms with E-state index >= 15 is 0 Å². The molecule has 1 aromatic rings. The predicted molar refractivity (Wildman–Crippen MR) is 65.8 cm³/mol. The molecule has 0 saturated carbocycles. The van der Waals surface area contributed by atoms with E-state index in [1.165, 1.54) is 0 Å². The van der Waals surface area contributed by atoms with Gasteiger partial charge in [0.25, 0.3) is 0 Å². The molecular weight excluding hydrogens is 218 g/mol. The Balaban J connectivity index is 2.50. The van der Waals surface area contributed by atoms with E-state index < -0.39 is 0 Å². The molecular formula is C12H23N3O2. The zero-order valence-corrected chi connectivity index (χ0v) is 11.2. The number of hydrogen-bond donors (Lipinski definition) is 1. The molecule has 5 nitrogen and oxygen atoms in total. The molecule has 0 aliphatic rings. The lowest BCUT2D eigenvalue weighted by molar-refractivity contribution is 0.126. The van der Waals surface area contributed by atoms with Crippen LogP contribution in [0.15, 0.2) is 4.52 Å². The van der Waals surface area contributed by atoms with Crippen molar-refractivity contribution >= 4 is 0 Å². The van der Waals surface area contributed by atoms with Gasteiger partial charge in [0.15, 0.2) is 5.82 Å². The Bertz CT molecular complexity index is 314. The third-order valence-electron chi connectivity index (χ3n) is 2.77. The Kier molecular flexibility index (Phi) is 6.15. The Hall–Kier alpha value is -0.940. The summed E-state index contributed by atoms with van der Waals surface area (Å²) < 4.78 is 10.5. The molecule has 1 rings (SSSR count). The fourth-order valence-electron chi connectivity index (χ4n) is 1.47. The van der Waals surface area contributed by atoms with Gasteiger partial charge in [0.1, 0.15) is 6.61 Å². The van der Waals surface area contributed by atoms with Crippen molar-refractivity contribution < 1.29 is 9.26 Å². The maximum Gasteiger partial charge on any atom is 0.231 e. The van der Waals surface area contributed by atoms with Crippen molar-refractivity contribution in [2.45, 2.75) is 52.7 Å². The van der Waals surface area contributed by atoms with Crippen LogP contribution in [0, 0.1) is 0 Å². The molecule has 1 N–H and O–H groups in total. The molecule has 1 aromatic heterocycles. The van der Waals surface area contributed by atoms with Gasteiger partial charge in [-0.2, -0.15) is 4.98 Å². The molecule has 0 radical (unpaired) electrons. The average Bonchev–Trinajstić information content (AvgIpc) is 2.81. The van der Waals surface area contributed by atoms with E-state index in [-0.39, 0.29) is 5.92 Å². The first kappa shape index (κ1) is 14.1. The molecule has 0 amide bonds. The van der Waals surface area contributed by atoms with Gasteiger partial charge in [0, 0.05) is 12.6 Å². The summed E-state index contributed by atoms with van der Waals surface area (Å²) in [7, 11) is 0. The van der Waals surface area contributed by atoms with Gasteiger partial charge in [-0.25, -0.2) is 0 Å². The molecule has 0 bridgehead atoms. The average molecular weight is 241 g/mol. The van der Waals surface area contributed by atoms with E-state index in [0.717, 1.165) is 13.0 Å². The second kappa shape index (κ2) is 7.40. The number of rotatable bonds is 8. The van der Waals surface area contributed by atoms with Crippen molar-refractivity contribution in [2.75, 3.05) is 13.2 Å². The highest BCUT2D eigenvalue weighted by atomic mass is 16.5. The highest BCUT2D eigenvalue weighted by Gasteiger charge is 2.20. The van der Waals surface area contributed by atoms with Crippen LogP contribution in [-0.2, 0) is 11.3 Å². The molecule has 0 aromatic carbocycles. The van der Waals surface area contributed by atoms with Crippen LogP contribution >= 0.6 is 0 Å². The van der Waals surface area contributed by atoms with Gasteiger partial charge in [0.2, 0.25) is 5.89 Å². The third kappa shape index (κ3) is 4.44. The standard InChI is InChI=1S/C12H23N3O2/c1-5-7-13-10(4)9(3)12-14-11(15-17-12)8-16-6-2/h9-10,13H,5-8H2,1-4H3. The second-order valence-electron chi connectivity index (χ2n) is 4.22. The van der Waals surface area contributed by atoms with Crippen LogP contribution in [-0.4, -0.2) is 29.3 Å². The summed E-state index contributed by atoms with van der Waals surface area (Å²) in [5.41, 5.74) is 0. The quantitative estimate of drug-likeness (QED) is 0.755. The molecule has 0 aliphatic heterocycles. The van der Waals surface area contributed by atoms with Gasteiger partial charge >= 0.3 is 0 Å². The Morgan fingerprint density at radius 2 is 2.12 bits per heavy atom. The third-order valence-corrected chi connectivity index (χ3v) is 2.77. The monoisotopic (exact) mass is 241 g/mol. The topological polar surface area (TPSA) is 60.2 Å². The molecule has 0 fully saturated rings. The fourth-order valence-corrected chi connectivity index (χ4v) is 1.47. The van der Waals surface area contributed by atoms with Gasteiger partial charge in [-0.15, -0.1) is 0 Å². The number of hydrogen-bond acceptors (Lipinski definition) is 5.